The van der Waals surface area contributed by atoms with Gasteiger partial charge in [0, 0.05) is 18.0 Å². The van der Waals surface area contributed by atoms with Crippen LogP contribution in [-0.2, 0) is 0 Å². The normalized spacial score (nSPS) is 10.4. The molecule has 0 aliphatic rings. The molecule has 0 saturated heterocycles. The highest BCUT2D eigenvalue weighted by Gasteiger charge is 2.14. The molecule has 0 saturated carbocycles. The summed E-state index contributed by atoms with van der Waals surface area (Å²) in [5.74, 6) is -0.557. The van der Waals surface area contributed by atoms with Crippen molar-refractivity contribution in [2.75, 3.05) is 0 Å². The van der Waals surface area contributed by atoms with Crippen molar-refractivity contribution < 1.29 is 4.79 Å². The lowest BCUT2D eigenvalue weighted by Gasteiger charge is -2.07. The fourth-order valence-electron chi connectivity index (χ4n) is 1.84. The third-order valence-electron chi connectivity index (χ3n) is 2.75. The number of nitrogens with two attached hydrogens (primary N) is 1. The van der Waals surface area contributed by atoms with Gasteiger partial charge in [0.2, 0.25) is 0 Å². The maximum Gasteiger partial charge on any atom is 0.267 e. The van der Waals surface area contributed by atoms with Crippen LogP contribution in [0.25, 0.3) is 21.8 Å². The zero-order valence-electron chi connectivity index (χ0n) is 10.4. The van der Waals surface area contributed by atoms with Crippen LogP contribution in [0.4, 0.5) is 0 Å². The molecule has 98 valence electrons. The van der Waals surface area contributed by atoms with Gasteiger partial charge in [-0.05, 0) is 24.3 Å². The van der Waals surface area contributed by atoms with Gasteiger partial charge in [0.1, 0.15) is 5.69 Å². The van der Waals surface area contributed by atoms with E-state index in [4.69, 9.17) is 5.73 Å². The summed E-state index contributed by atoms with van der Waals surface area (Å²) in [4.78, 5) is 25.0. The lowest BCUT2D eigenvalue weighted by Crippen LogP contribution is -2.13. The Labute approximate surface area is 119 Å². The van der Waals surface area contributed by atoms with Gasteiger partial charge in [0.15, 0.2) is 0 Å². The number of carbonyl (C=O) groups excluding carboxylic acids is 1. The van der Waals surface area contributed by atoms with Crippen LogP contribution >= 0.6 is 11.3 Å². The van der Waals surface area contributed by atoms with Crippen LogP contribution in [0.15, 0.2) is 48.2 Å². The van der Waals surface area contributed by atoms with Crippen molar-refractivity contribution in [1.29, 1.82) is 0 Å². The van der Waals surface area contributed by atoms with Crippen LogP contribution in [0.1, 0.15) is 10.5 Å². The van der Waals surface area contributed by atoms with E-state index < -0.39 is 5.91 Å². The van der Waals surface area contributed by atoms with E-state index >= 15 is 0 Å². The summed E-state index contributed by atoms with van der Waals surface area (Å²) in [5.41, 5.74) is 9.48. The fourth-order valence-corrected chi connectivity index (χ4v) is 2.49. The van der Waals surface area contributed by atoms with Gasteiger partial charge >= 0.3 is 0 Å². The van der Waals surface area contributed by atoms with E-state index in [9.17, 15) is 4.79 Å². The van der Waals surface area contributed by atoms with Crippen molar-refractivity contribution in [3.8, 4) is 21.8 Å². The molecule has 2 N–H and O–H groups in total. The van der Waals surface area contributed by atoms with Gasteiger partial charge in [0.25, 0.3) is 5.91 Å². The van der Waals surface area contributed by atoms with Crippen LogP contribution in [0.5, 0.6) is 0 Å². The standard InChI is InChI=1S/C14H10N4OS/c15-14(19)11-5-4-9(12-7-16-8-20-12)13(18-11)10-3-1-2-6-17-10/h1-8H,(H2,15,19). The summed E-state index contributed by atoms with van der Waals surface area (Å²) in [5, 5.41) is 0. The van der Waals surface area contributed by atoms with E-state index in [1.165, 1.54) is 11.3 Å². The molecule has 20 heavy (non-hydrogen) atoms. The number of nitrogens with zero attached hydrogens (tertiary/aromatic N) is 3. The molecule has 3 aromatic heterocycles. The van der Waals surface area contributed by atoms with Gasteiger partial charge in [0.05, 0.1) is 21.8 Å². The van der Waals surface area contributed by atoms with E-state index in [1.807, 2.05) is 24.3 Å². The summed E-state index contributed by atoms with van der Waals surface area (Å²) >= 11 is 1.50. The lowest BCUT2D eigenvalue weighted by atomic mass is 10.1. The van der Waals surface area contributed by atoms with E-state index in [1.54, 1.807) is 24.0 Å². The van der Waals surface area contributed by atoms with Crippen LogP contribution in [0.2, 0.25) is 0 Å². The first-order valence-electron chi connectivity index (χ1n) is 5.87. The summed E-state index contributed by atoms with van der Waals surface area (Å²) in [6.07, 6.45) is 3.45. The molecule has 5 nitrogen and oxygen atoms in total. The summed E-state index contributed by atoms with van der Waals surface area (Å²) in [6.45, 7) is 0. The molecule has 6 heteroatoms. The molecule has 3 rings (SSSR count). The second kappa shape index (κ2) is 5.18. The van der Waals surface area contributed by atoms with Crippen LogP contribution < -0.4 is 5.73 Å². The van der Waals surface area contributed by atoms with Gasteiger partial charge < -0.3 is 5.73 Å². The van der Waals surface area contributed by atoms with Crippen LogP contribution in [0, 0.1) is 0 Å². The minimum atomic E-state index is -0.557. The Morgan fingerprint density at radius 3 is 2.75 bits per heavy atom. The average Bonchev–Trinajstić information content (AvgIpc) is 3.01. The quantitative estimate of drug-likeness (QED) is 0.799. The van der Waals surface area contributed by atoms with E-state index in [2.05, 4.69) is 15.0 Å². The molecule has 0 aromatic carbocycles. The Balaban J connectivity index is 2.23. The van der Waals surface area contributed by atoms with Gasteiger partial charge in [-0.3, -0.25) is 14.8 Å². The molecule has 0 fully saturated rings. The maximum atomic E-state index is 11.3. The maximum absolute atomic E-state index is 11.3. The first-order valence-corrected chi connectivity index (χ1v) is 6.75. The minimum absolute atomic E-state index is 0.221. The van der Waals surface area contributed by atoms with Crippen LogP contribution in [-0.4, -0.2) is 20.9 Å². The van der Waals surface area contributed by atoms with Gasteiger partial charge in [-0.25, -0.2) is 4.98 Å². The van der Waals surface area contributed by atoms with Crippen molar-refractivity contribution in [2.45, 2.75) is 0 Å². The van der Waals surface area contributed by atoms with Crippen LogP contribution in [0.3, 0.4) is 0 Å². The number of amides is 1. The second-order valence-electron chi connectivity index (χ2n) is 4.04. The van der Waals surface area contributed by atoms with E-state index in [0.717, 1.165) is 10.4 Å². The lowest BCUT2D eigenvalue weighted by molar-refractivity contribution is 0.0995. The van der Waals surface area contributed by atoms with Crippen molar-refractivity contribution >= 4 is 17.2 Å². The molecule has 0 bridgehead atoms. The molecule has 0 aliphatic carbocycles. The molecule has 0 spiro atoms. The highest BCUT2D eigenvalue weighted by Crippen LogP contribution is 2.31. The fraction of sp³-hybridized carbons (Fsp3) is 0. The van der Waals surface area contributed by atoms with Gasteiger partial charge in [-0.15, -0.1) is 11.3 Å². The Morgan fingerprint density at radius 1 is 1.20 bits per heavy atom. The highest BCUT2D eigenvalue weighted by atomic mass is 32.1. The number of pyridine rings is 2. The second-order valence-corrected chi connectivity index (χ2v) is 4.92. The highest BCUT2D eigenvalue weighted by molar-refractivity contribution is 7.13. The predicted molar refractivity (Wildman–Crippen MR) is 77.1 cm³/mol. The smallest absolute Gasteiger partial charge is 0.267 e. The Bertz CT molecular complexity index is 741. The Morgan fingerprint density at radius 2 is 2.10 bits per heavy atom. The molecular weight excluding hydrogens is 272 g/mol. The van der Waals surface area contributed by atoms with Crippen molar-refractivity contribution in [2.24, 2.45) is 5.73 Å². The molecule has 3 aromatic rings. The average molecular weight is 282 g/mol. The van der Waals surface area contributed by atoms with E-state index in [-0.39, 0.29) is 5.69 Å². The first kappa shape index (κ1) is 12.4. The van der Waals surface area contributed by atoms with Crippen molar-refractivity contribution in [1.82, 2.24) is 15.0 Å². The number of rotatable bonds is 3. The molecule has 0 radical (unpaired) electrons. The zero-order chi connectivity index (χ0) is 13.9. The van der Waals surface area contributed by atoms with Gasteiger partial charge in [-0.1, -0.05) is 6.07 Å². The summed E-state index contributed by atoms with van der Waals surface area (Å²) < 4.78 is 0. The van der Waals surface area contributed by atoms with Crippen molar-refractivity contribution in [3.05, 3.63) is 53.9 Å². The van der Waals surface area contributed by atoms with Gasteiger partial charge in [-0.2, -0.15) is 0 Å². The third kappa shape index (κ3) is 2.28. The number of thiazole rings is 1. The molecular formula is C14H10N4OS. The topological polar surface area (TPSA) is 81.8 Å². The number of hydrogen-bond acceptors (Lipinski definition) is 5. The number of carbonyl (C=O) groups is 1. The predicted octanol–water partition coefficient (Wildman–Crippen LogP) is 2.37. The number of hydrogen-bond donors (Lipinski definition) is 1. The molecule has 1 amide bonds. The van der Waals surface area contributed by atoms with E-state index in [0.29, 0.717) is 11.4 Å². The largest absolute Gasteiger partial charge is 0.364 e. The molecule has 0 aliphatic heterocycles. The monoisotopic (exact) mass is 282 g/mol. The summed E-state index contributed by atoms with van der Waals surface area (Å²) in [7, 11) is 0. The van der Waals surface area contributed by atoms with Crippen molar-refractivity contribution in [3.63, 3.8) is 0 Å². The molecule has 0 atom stereocenters. The summed E-state index contributed by atoms with van der Waals surface area (Å²) in [6, 6.07) is 8.98. The third-order valence-corrected chi connectivity index (χ3v) is 3.56. The molecule has 3 heterocycles. The SMILES string of the molecule is NC(=O)c1ccc(-c2cncs2)c(-c2ccccn2)n1. The first-order chi connectivity index (χ1) is 9.75. The number of primary amides is 1. The Hall–Kier alpha value is -2.60. The number of aromatic nitrogens is 3. The minimum Gasteiger partial charge on any atom is -0.364 e. The zero-order valence-corrected chi connectivity index (χ0v) is 11.2. The molecule has 0 unspecified atom stereocenters. The Kier molecular flexibility index (Phi) is 3.22.